The van der Waals surface area contributed by atoms with Crippen molar-refractivity contribution in [3.63, 3.8) is 0 Å². The molecule has 0 atom stereocenters. The molecule has 0 spiro atoms. The van der Waals surface area contributed by atoms with Crippen LogP contribution in [0.2, 0.25) is 0 Å². The van der Waals surface area contributed by atoms with E-state index in [9.17, 15) is 8.42 Å². The second-order valence-electron chi connectivity index (χ2n) is 2.35. The van der Waals surface area contributed by atoms with E-state index in [0.717, 1.165) is 0 Å². The fourth-order valence-electron chi connectivity index (χ4n) is 0.829. The maximum atomic E-state index is 10.4. The van der Waals surface area contributed by atoms with Crippen molar-refractivity contribution in [3.8, 4) is 5.75 Å². The van der Waals surface area contributed by atoms with E-state index in [2.05, 4.69) is 0 Å². The summed E-state index contributed by atoms with van der Waals surface area (Å²) in [6.07, 6.45) is 0. The van der Waals surface area contributed by atoms with Gasteiger partial charge in [0.25, 0.3) is 10.1 Å². The Balaban J connectivity index is 0.00000144. The van der Waals surface area contributed by atoms with Crippen molar-refractivity contribution in [3.05, 3.63) is 29.8 Å². The van der Waals surface area contributed by atoms with Crippen LogP contribution >= 0.6 is 0 Å². The fraction of sp³-hybridized carbons (Fsp3) is 0.143. The third-order valence-corrected chi connectivity index (χ3v) is 2.01. The molecule has 0 aliphatic carbocycles. The van der Waals surface area contributed by atoms with Crippen LogP contribution in [0, 0.1) is 0 Å². The fourth-order valence-corrected chi connectivity index (χ4v) is 1.47. The first kappa shape index (κ1) is 12.9. The van der Waals surface area contributed by atoms with E-state index in [4.69, 9.17) is 9.66 Å². The topological polar surface area (TPSA) is 74.6 Å². The van der Waals surface area contributed by atoms with Crippen LogP contribution < -0.4 is 29.6 Å². The summed E-state index contributed by atoms with van der Waals surface area (Å²) in [5, 5.41) is 9.10. The summed E-state index contributed by atoms with van der Waals surface area (Å²) >= 11 is 0. The van der Waals surface area contributed by atoms with E-state index in [0.29, 0.717) is 0 Å². The van der Waals surface area contributed by atoms with Crippen LogP contribution in [0.5, 0.6) is 5.75 Å². The Morgan fingerprint density at radius 1 is 1.23 bits per heavy atom. The standard InChI is InChI=1S/C7H8O4S.Na/c8-7-4-2-1-3-6(7)5-12(9,10)11;/h1-4,8H,5H2,(H,9,10,11);/q;+1. The van der Waals surface area contributed by atoms with Gasteiger partial charge in [-0.1, -0.05) is 18.2 Å². The van der Waals surface area contributed by atoms with Crippen molar-refractivity contribution in [2.24, 2.45) is 0 Å². The number of para-hydroxylation sites is 1. The molecule has 2 N–H and O–H groups in total. The van der Waals surface area contributed by atoms with Gasteiger partial charge in [-0.15, -0.1) is 0 Å². The molecule has 0 saturated heterocycles. The average molecular weight is 211 g/mol. The van der Waals surface area contributed by atoms with Crippen molar-refractivity contribution in [1.82, 2.24) is 0 Å². The molecule has 1 aromatic carbocycles. The number of phenols is 1. The summed E-state index contributed by atoms with van der Waals surface area (Å²) in [7, 11) is -4.06. The molecule has 6 heteroatoms. The molecule has 0 aliphatic rings. The van der Waals surface area contributed by atoms with Crippen molar-refractivity contribution in [1.29, 1.82) is 0 Å². The summed E-state index contributed by atoms with van der Waals surface area (Å²) in [5.41, 5.74) is 0.194. The van der Waals surface area contributed by atoms with Crippen LogP contribution in [0.3, 0.4) is 0 Å². The van der Waals surface area contributed by atoms with Crippen molar-refractivity contribution in [2.45, 2.75) is 5.75 Å². The summed E-state index contributed by atoms with van der Waals surface area (Å²) in [6.45, 7) is 0. The Labute approximate surface area is 98.6 Å². The van der Waals surface area contributed by atoms with E-state index in [1.165, 1.54) is 12.1 Å². The molecule has 1 aromatic rings. The van der Waals surface area contributed by atoms with E-state index < -0.39 is 15.9 Å². The Morgan fingerprint density at radius 2 is 1.77 bits per heavy atom. The molecule has 1 rings (SSSR count). The molecule has 13 heavy (non-hydrogen) atoms. The molecular formula is C7H8NaO4S+. The molecule has 0 fully saturated rings. The van der Waals surface area contributed by atoms with Gasteiger partial charge in [0.15, 0.2) is 0 Å². The van der Waals surface area contributed by atoms with Crippen molar-refractivity contribution < 1.29 is 47.6 Å². The molecule has 4 nitrogen and oxygen atoms in total. The minimum absolute atomic E-state index is 0. The van der Waals surface area contributed by atoms with E-state index >= 15 is 0 Å². The molecule has 0 unspecified atom stereocenters. The van der Waals surface area contributed by atoms with Gasteiger partial charge < -0.3 is 5.11 Å². The summed E-state index contributed by atoms with van der Waals surface area (Å²) in [6, 6.07) is 5.95. The minimum atomic E-state index is -4.06. The first-order valence-corrected chi connectivity index (χ1v) is 4.82. The zero-order valence-electron chi connectivity index (χ0n) is 7.14. The Hall–Kier alpha value is -0.0700. The van der Waals surface area contributed by atoms with Gasteiger partial charge in [-0.3, -0.25) is 4.55 Å². The number of benzene rings is 1. The zero-order valence-corrected chi connectivity index (χ0v) is 9.95. The predicted octanol–water partition coefficient (Wildman–Crippen LogP) is -2.22. The molecular weight excluding hydrogens is 203 g/mol. The molecule has 0 amide bonds. The van der Waals surface area contributed by atoms with Gasteiger partial charge in [0.05, 0.1) is 0 Å². The maximum absolute atomic E-state index is 10.4. The smallest absolute Gasteiger partial charge is 0.508 e. The van der Waals surface area contributed by atoms with Gasteiger partial charge in [-0.25, -0.2) is 0 Å². The quantitative estimate of drug-likeness (QED) is 0.429. The summed E-state index contributed by atoms with van der Waals surface area (Å²) in [4.78, 5) is 0. The number of hydrogen-bond acceptors (Lipinski definition) is 3. The second-order valence-corrected chi connectivity index (χ2v) is 3.81. The van der Waals surface area contributed by atoms with Crippen LogP contribution in [0.1, 0.15) is 5.56 Å². The zero-order chi connectivity index (χ0) is 9.19. The second kappa shape index (κ2) is 4.97. The largest absolute Gasteiger partial charge is 1.00 e. The van der Waals surface area contributed by atoms with Crippen molar-refractivity contribution in [2.75, 3.05) is 0 Å². The summed E-state index contributed by atoms with van der Waals surface area (Å²) < 4.78 is 29.3. The Kier molecular flexibility index (Phi) is 4.95. The SMILES string of the molecule is O=S(=O)(O)Cc1ccccc1O.[Na+]. The number of aromatic hydroxyl groups is 1. The van der Waals surface area contributed by atoms with Crippen LogP contribution in [0.4, 0.5) is 0 Å². The monoisotopic (exact) mass is 211 g/mol. The predicted molar refractivity (Wildman–Crippen MR) is 43.4 cm³/mol. The van der Waals surface area contributed by atoms with Crippen LogP contribution in [0.15, 0.2) is 24.3 Å². The van der Waals surface area contributed by atoms with Crippen molar-refractivity contribution >= 4 is 10.1 Å². The van der Waals surface area contributed by atoms with Crippen LogP contribution in [-0.2, 0) is 15.9 Å². The van der Waals surface area contributed by atoms with Crippen LogP contribution in [0.25, 0.3) is 0 Å². The molecule has 0 bridgehead atoms. The average Bonchev–Trinajstić information content (AvgIpc) is 1.91. The molecule has 0 saturated carbocycles. The van der Waals surface area contributed by atoms with Gasteiger partial charge in [-0.2, -0.15) is 8.42 Å². The number of hydrogen-bond donors (Lipinski definition) is 2. The van der Waals surface area contributed by atoms with Gasteiger partial charge in [0.1, 0.15) is 11.5 Å². The third kappa shape index (κ3) is 4.64. The molecule has 0 radical (unpaired) electrons. The van der Waals surface area contributed by atoms with Gasteiger partial charge in [0.2, 0.25) is 0 Å². The Morgan fingerprint density at radius 3 is 2.23 bits per heavy atom. The molecule has 66 valence electrons. The number of phenolic OH excluding ortho intramolecular Hbond substituents is 1. The van der Waals surface area contributed by atoms with E-state index in [-0.39, 0.29) is 40.9 Å². The van der Waals surface area contributed by atoms with E-state index in [1.807, 2.05) is 0 Å². The molecule has 0 heterocycles. The van der Waals surface area contributed by atoms with Gasteiger partial charge in [0, 0.05) is 5.56 Å². The summed E-state index contributed by atoms with van der Waals surface area (Å²) in [5.74, 6) is -0.685. The van der Waals surface area contributed by atoms with Crippen LogP contribution in [-0.4, -0.2) is 18.1 Å². The normalized spacial score (nSPS) is 10.5. The Bertz CT molecular complexity index is 374. The molecule has 0 aliphatic heterocycles. The number of rotatable bonds is 2. The van der Waals surface area contributed by atoms with Gasteiger partial charge in [-0.05, 0) is 6.07 Å². The molecule has 0 aromatic heterocycles. The first-order valence-electron chi connectivity index (χ1n) is 3.21. The minimum Gasteiger partial charge on any atom is -0.508 e. The maximum Gasteiger partial charge on any atom is 1.00 e. The van der Waals surface area contributed by atoms with Gasteiger partial charge >= 0.3 is 29.6 Å². The van der Waals surface area contributed by atoms with E-state index in [1.54, 1.807) is 12.1 Å². The third-order valence-electron chi connectivity index (χ3n) is 1.33. The first-order chi connectivity index (χ1) is 5.49.